The summed E-state index contributed by atoms with van der Waals surface area (Å²) in [5, 5.41) is 0. The first-order valence-corrected chi connectivity index (χ1v) is 14.2. The second-order valence-electron chi connectivity index (χ2n) is 11.7. The Morgan fingerprint density at radius 3 is 1.39 bits per heavy atom. The maximum absolute atomic E-state index is 13.0. The van der Waals surface area contributed by atoms with Gasteiger partial charge in [-0.15, -0.1) is 0 Å². The van der Waals surface area contributed by atoms with E-state index in [1.54, 1.807) is 0 Å². The zero-order valence-electron chi connectivity index (χ0n) is 23.4. The van der Waals surface area contributed by atoms with Crippen LogP contribution in [-0.2, 0) is 16.2 Å². The van der Waals surface area contributed by atoms with Gasteiger partial charge in [-0.3, -0.25) is 0 Å². The minimum atomic E-state index is -1.23. The van der Waals surface area contributed by atoms with E-state index in [1.165, 1.54) is 16.7 Å². The van der Waals surface area contributed by atoms with Crippen LogP contribution in [-0.4, -0.2) is 9.81 Å². The van der Waals surface area contributed by atoms with Crippen molar-refractivity contribution in [3.63, 3.8) is 0 Å². The molecule has 0 heterocycles. The first-order chi connectivity index (χ1) is 17.9. The Balaban J connectivity index is 1.38. The van der Waals surface area contributed by atoms with Gasteiger partial charge in [0.1, 0.15) is 22.8 Å². The van der Waals surface area contributed by atoms with Gasteiger partial charge in [0.2, 0.25) is 0 Å². The van der Waals surface area contributed by atoms with Crippen molar-refractivity contribution in [2.45, 2.75) is 75.2 Å². The van der Waals surface area contributed by atoms with E-state index in [0.717, 1.165) is 21.3 Å². The molecule has 4 heteroatoms. The third-order valence-electron chi connectivity index (χ3n) is 6.39. The van der Waals surface area contributed by atoms with E-state index in [2.05, 4.69) is 84.9 Å². The Morgan fingerprint density at radius 2 is 0.974 bits per heavy atom. The summed E-state index contributed by atoms with van der Waals surface area (Å²) in [5.41, 5.74) is 3.54. The molecule has 0 N–H and O–H groups in total. The molecule has 0 aliphatic heterocycles. The Hall–Kier alpha value is -3.37. The van der Waals surface area contributed by atoms with Gasteiger partial charge in [-0.25, -0.2) is 4.21 Å². The maximum Gasteiger partial charge on any atom is 0.127 e. The number of hydrogen-bond donors (Lipinski definition) is 0. The molecule has 0 radical (unpaired) electrons. The smallest absolute Gasteiger partial charge is 0.127 e. The molecule has 0 spiro atoms. The Morgan fingerprint density at radius 1 is 0.579 bits per heavy atom. The fourth-order valence-corrected chi connectivity index (χ4v) is 5.22. The fourth-order valence-electron chi connectivity index (χ4n) is 4.18. The van der Waals surface area contributed by atoms with E-state index in [1.807, 2.05) is 60.7 Å². The van der Waals surface area contributed by atoms with Gasteiger partial charge in [0.25, 0.3) is 0 Å². The van der Waals surface area contributed by atoms with Gasteiger partial charge in [-0.05, 0) is 104 Å². The SMILES string of the molecule is CC(c1ccc(Oc2ccc(S(=O)c3ccc(C(C)(C)C)cc3)cc2)cc1)c1ccc(OC(C)(C)C)cc1. The topological polar surface area (TPSA) is 35.5 Å². The third kappa shape index (κ3) is 7.14. The van der Waals surface area contributed by atoms with Crippen LogP contribution in [0.15, 0.2) is 107 Å². The van der Waals surface area contributed by atoms with Gasteiger partial charge in [0.15, 0.2) is 0 Å². The minimum absolute atomic E-state index is 0.0716. The van der Waals surface area contributed by atoms with Crippen LogP contribution in [0, 0.1) is 0 Å². The molecular formula is C34H38O3S. The molecule has 4 aromatic rings. The predicted molar refractivity (Wildman–Crippen MR) is 157 cm³/mol. The molecule has 198 valence electrons. The van der Waals surface area contributed by atoms with E-state index in [-0.39, 0.29) is 16.9 Å². The van der Waals surface area contributed by atoms with E-state index < -0.39 is 10.8 Å². The number of rotatable bonds is 7. The lowest BCUT2D eigenvalue weighted by atomic mass is 9.87. The average Bonchev–Trinajstić information content (AvgIpc) is 2.88. The molecule has 0 bridgehead atoms. The van der Waals surface area contributed by atoms with Crippen LogP contribution in [0.4, 0.5) is 0 Å². The quantitative estimate of drug-likeness (QED) is 0.241. The Bertz CT molecular complexity index is 1360. The second-order valence-corrected chi connectivity index (χ2v) is 13.2. The van der Waals surface area contributed by atoms with Crippen molar-refractivity contribution in [3.05, 3.63) is 114 Å². The molecule has 3 nitrogen and oxygen atoms in total. The molecule has 4 rings (SSSR count). The largest absolute Gasteiger partial charge is 0.488 e. The predicted octanol–water partition coefficient (Wildman–Crippen LogP) is 9.27. The zero-order valence-corrected chi connectivity index (χ0v) is 24.3. The van der Waals surface area contributed by atoms with Crippen LogP contribution in [0.2, 0.25) is 0 Å². The molecule has 0 aromatic heterocycles. The molecule has 0 amide bonds. The van der Waals surface area contributed by atoms with Gasteiger partial charge >= 0.3 is 0 Å². The third-order valence-corrected chi connectivity index (χ3v) is 7.79. The van der Waals surface area contributed by atoms with Crippen molar-refractivity contribution < 1.29 is 13.7 Å². The standard InChI is InChI=1S/C34H38O3S/c1-24(26-10-16-30(17-11-26)37-34(5,6)7)25-8-14-28(15-9-25)36-29-18-22-32(23-19-29)38(35)31-20-12-27(13-21-31)33(2,3)4/h8-24H,1-7H3. The fraction of sp³-hybridized carbons (Fsp3) is 0.294. The van der Waals surface area contributed by atoms with Crippen LogP contribution in [0.5, 0.6) is 17.2 Å². The molecular weight excluding hydrogens is 488 g/mol. The van der Waals surface area contributed by atoms with Crippen LogP contribution in [0.1, 0.15) is 71.1 Å². The first-order valence-electron chi connectivity index (χ1n) is 13.1. The van der Waals surface area contributed by atoms with Gasteiger partial charge in [-0.1, -0.05) is 64.1 Å². The summed E-state index contributed by atoms with van der Waals surface area (Å²) >= 11 is 0. The minimum Gasteiger partial charge on any atom is -0.488 e. The zero-order chi connectivity index (χ0) is 27.5. The highest BCUT2D eigenvalue weighted by Gasteiger charge is 2.15. The lowest BCUT2D eigenvalue weighted by molar-refractivity contribution is 0.131. The lowest BCUT2D eigenvalue weighted by Gasteiger charge is -2.22. The molecule has 4 aromatic carbocycles. The van der Waals surface area contributed by atoms with E-state index in [4.69, 9.17) is 9.47 Å². The van der Waals surface area contributed by atoms with Gasteiger partial charge in [-0.2, -0.15) is 0 Å². The van der Waals surface area contributed by atoms with Crippen molar-refractivity contribution >= 4 is 10.8 Å². The number of ether oxygens (including phenoxy) is 2. The molecule has 0 aliphatic carbocycles. The van der Waals surface area contributed by atoms with Crippen LogP contribution in [0.3, 0.4) is 0 Å². The molecule has 0 saturated carbocycles. The van der Waals surface area contributed by atoms with Crippen LogP contribution >= 0.6 is 0 Å². The summed E-state index contributed by atoms with van der Waals surface area (Å²) in [6, 6.07) is 32.0. The van der Waals surface area contributed by atoms with Crippen LogP contribution < -0.4 is 9.47 Å². The summed E-state index contributed by atoms with van der Waals surface area (Å²) < 4.78 is 25.0. The van der Waals surface area contributed by atoms with Crippen molar-refractivity contribution in [1.82, 2.24) is 0 Å². The van der Waals surface area contributed by atoms with E-state index in [0.29, 0.717) is 5.75 Å². The molecule has 0 fully saturated rings. The second kappa shape index (κ2) is 11.2. The monoisotopic (exact) mass is 526 g/mol. The van der Waals surface area contributed by atoms with Gasteiger partial charge in [0.05, 0.1) is 10.8 Å². The summed E-state index contributed by atoms with van der Waals surface area (Å²) in [4.78, 5) is 1.55. The maximum atomic E-state index is 13.0. The Kier molecular flexibility index (Phi) is 8.13. The van der Waals surface area contributed by atoms with Crippen molar-refractivity contribution in [1.29, 1.82) is 0 Å². The highest BCUT2D eigenvalue weighted by atomic mass is 32.2. The lowest BCUT2D eigenvalue weighted by Crippen LogP contribution is -2.22. The van der Waals surface area contributed by atoms with Crippen molar-refractivity contribution in [3.8, 4) is 17.2 Å². The van der Waals surface area contributed by atoms with Crippen molar-refractivity contribution in [2.24, 2.45) is 0 Å². The summed E-state index contributed by atoms with van der Waals surface area (Å²) in [7, 11) is -1.23. The normalized spacial score (nSPS) is 13.6. The summed E-state index contributed by atoms with van der Waals surface area (Å²) in [6.07, 6.45) is 0. The van der Waals surface area contributed by atoms with Gasteiger partial charge < -0.3 is 9.47 Å². The van der Waals surface area contributed by atoms with Crippen LogP contribution in [0.25, 0.3) is 0 Å². The van der Waals surface area contributed by atoms with Crippen molar-refractivity contribution in [2.75, 3.05) is 0 Å². The van der Waals surface area contributed by atoms with Gasteiger partial charge in [0, 0.05) is 15.7 Å². The number of hydrogen-bond acceptors (Lipinski definition) is 3. The highest BCUT2D eigenvalue weighted by molar-refractivity contribution is 7.85. The summed E-state index contributed by atoms with van der Waals surface area (Å²) in [5.74, 6) is 2.61. The summed E-state index contributed by atoms with van der Waals surface area (Å²) in [6.45, 7) is 14.9. The molecule has 38 heavy (non-hydrogen) atoms. The first kappa shape index (κ1) is 27.7. The number of benzene rings is 4. The molecule has 2 atom stereocenters. The molecule has 0 saturated heterocycles. The average molecular weight is 527 g/mol. The van der Waals surface area contributed by atoms with E-state index >= 15 is 0 Å². The van der Waals surface area contributed by atoms with E-state index in [9.17, 15) is 4.21 Å². The highest BCUT2D eigenvalue weighted by Crippen LogP contribution is 2.30. The molecule has 0 aliphatic rings. The molecule has 2 unspecified atom stereocenters. The Labute approximate surface area is 230 Å².